The van der Waals surface area contributed by atoms with Crippen LogP contribution in [0.4, 0.5) is 11.4 Å². The second-order valence-electron chi connectivity index (χ2n) is 10.6. The Morgan fingerprint density at radius 1 is 0.357 bits per heavy atom. The number of furan rings is 1. The first-order valence-corrected chi connectivity index (χ1v) is 14.3. The molecule has 0 bridgehead atoms. The summed E-state index contributed by atoms with van der Waals surface area (Å²) in [7, 11) is 0. The van der Waals surface area contributed by atoms with Gasteiger partial charge >= 0.3 is 0 Å². The highest BCUT2D eigenvalue weighted by Gasteiger charge is 2.15. The molecule has 0 fully saturated rings. The normalized spacial score (nSPS) is 11.3. The highest BCUT2D eigenvalue weighted by Crippen LogP contribution is 2.40. The predicted octanol–water partition coefficient (Wildman–Crippen LogP) is 11.5. The molecule has 0 saturated carbocycles. The Kier molecular flexibility index (Phi) is 5.82. The van der Waals surface area contributed by atoms with Gasteiger partial charge in [-0.15, -0.1) is 0 Å². The van der Waals surface area contributed by atoms with Crippen LogP contribution in [-0.2, 0) is 0 Å². The summed E-state index contributed by atoms with van der Waals surface area (Å²) in [5.41, 5.74) is 11.1. The van der Waals surface area contributed by atoms with Crippen molar-refractivity contribution >= 4 is 44.1 Å². The highest BCUT2D eigenvalue weighted by molar-refractivity contribution is 6.13. The monoisotopic (exact) mass is 537 g/mol. The second-order valence-corrected chi connectivity index (χ2v) is 10.6. The van der Waals surface area contributed by atoms with E-state index in [-0.39, 0.29) is 0 Å². The fourth-order valence-electron chi connectivity index (χ4n) is 6.13. The molecule has 1 heterocycles. The lowest BCUT2D eigenvalue weighted by Gasteiger charge is -2.15. The van der Waals surface area contributed by atoms with Gasteiger partial charge in [-0.05, 0) is 68.9 Å². The molecule has 0 aliphatic heterocycles. The Morgan fingerprint density at radius 3 is 1.69 bits per heavy atom. The molecule has 2 nitrogen and oxygen atoms in total. The van der Waals surface area contributed by atoms with Crippen molar-refractivity contribution < 1.29 is 4.42 Å². The van der Waals surface area contributed by atoms with Gasteiger partial charge in [-0.2, -0.15) is 0 Å². The van der Waals surface area contributed by atoms with Crippen molar-refractivity contribution in [1.82, 2.24) is 0 Å². The first kappa shape index (κ1) is 24.2. The zero-order valence-corrected chi connectivity index (χ0v) is 22.9. The van der Waals surface area contributed by atoms with Gasteiger partial charge in [-0.3, -0.25) is 0 Å². The summed E-state index contributed by atoms with van der Waals surface area (Å²) in [6, 6.07) is 55.6. The zero-order valence-electron chi connectivity index (χ0n) is 22.9. The SMILES string of the molecule is c1ccc(-c2ccc(-c3ccc(Nc4ccccc4-c4cccc5oc6ccccc6c45)cc3)c3ccccc23)cc1. The summed E-state index contributed by atoms with van der Waals surface area (Å²) < 4.78 is 6.17. The van der Waals surface area contributed by atoms with Crippen molar-refractivity contribution in [2.75, 3.05) is 5.32 Å². The lowest BCUT2D eigenvalue weighted by molar-refractivity contribution is 0.669. The van der Waals surface area contributed by atoms with E-state index >= 15 is 0 Å². The van der Waals surface area contributed by atoms with E-state index in [1.54, 1.807) is 0 Å². The van der Waals surface area contributed by atoms with Crippen LogP contribution in [0.5, 0.6) is 0 Å². The maximum Gasteiger partial charge on any atom is 0.136 e. The largest absolute Gasteiger partial charge is 0.456 e. The van der Waals surface area contributed by atoms with E-state index in [1.807, 2.05) is 18.2 Å². The van der Waals surface area contributed by atoms with Gasteiger partial charge in [-0.1, -0.05) is 127 Å². The lowest BCUT2D eigenvalue weighted by Crippen LogP contribution is -1.94. The maximum atomic E-state index is 6.17. The Labute approximate surface area is 244 Å². The van der Waals surface area contributed by atoms with Crippen molar-refractivity contribution in [3.63, 3.8) is 0 Å². The van der Waals surface area contributed by atoms with Gasteiger partial charge in [-0.25, -0.2) is 0 Å². The van der Waals surface area contributed by atoms with Crippen molar-refractivity contribution in [1.29, 1.82) is 0 Å². The number of benzene rings is 7. The van der Waals surface area contributed by atoms with E-state index in [0.29, 0.717) is 0 Å². The minimum Gasteiger partial charge on any atom is -0.456 e. The molecule has 0 aliphatic rings. The summed E-state index contributed by atoms with van der Waals surface area (Å²) in [5, 5.41) is 8.48. The lowest BCUT2D eigenvalue weighted by atomic mass is 9.92. The number of fused-ring (bicyclic) bond motifs is 4. The number of hydrogen-bond acceptors (Lipinski definition) is 2. The topological polar surface area (TPSA) is 25.2 Å². The molecule has 0 radical (unpaired) electrons. The minimum absolute atomic E-state index is 0.901. The molecule has 1 N–H and O–H groups in total. The Balaban J connectivity index is 1.16. The average molecular weight is 538 g/mol. The molecule has 0 aliphatic carbocycles. The fraction of sp³-hybridized carbons (Fsp3) is 0. The van der Waals surface area contributed by atoms with Crippen LogP contribution in [0.3, 0.4) is 0 Å². The Hall–Kier alpha value is -5.60. The van der Waals surface area contributed by atoms with Crippen LogP contribution >= 0.6 is 0 Å². The van der Waals surface area contributed by atoms with Crippen LogP contribution < -0.4 is 5.32 Å². The third-order valence-electron chi connectivity index (χ3n) is 8.10. The molecule has 2 heteroatoms. The molecule has 8 rings (SSSR count). The van der Waals surface area contributed by atoms with Gasteiger partial charge in [0.15, 0.2) is 0 Å². The van der Waals surface area contributed by atoms with Gasteiger partial charge in [0.1, 0.15) is 11.2 Å². The van der Waals surface area contributed by atoms with Crippen molar-refractivity contribution in [2.24, 2.45) is 0 Å². The summed E-state index contributed by atoms with van der Waals surface area (Å²) in [6.07, 6.45) is 0. The van der Waals surface area contributed by atoms with Crippen molar-refractivity contribution in [2.45, 2.75) is 0 Å². The molecule has 0 amide bonds. The van der Waals surface area contributed by atoms with Crippen LogP contribution in [0.15, 0.2) is 162 Å². The number of hydrogen-bond donors (Lipinski definition) is 1. The zero-order chi connectivity index (χ0) is 27.9. The van der Waals surface area contributed by atoms with Crippen LogP contribution in [0.25, 0.3) is 66.1 Å². The van der Waals surface area contributed by atoms with Gasteiger partial charge in [0, 0.05) is 27.7 Å². The summed E-state index contributed by atoms with van der Waals surface area (Å²) in [5.74, 6) is 0. The quantitative estimate of drug-likeness (QED) is 0.236. The Bertz CT molecular complexity index is 2210. The van der Waals surface area contributed by atoms with E-state index in [1.165, 1.54) is 33.0 Å². The van der Waals surface area contributed by atoms with Crippen LogP contribution in [-0.4, -0.2) is 0 Å². The molecule has 7 aromatic carbocycles. The van der Waals surface area contributed by atoms with E-state index in [0.717, 1.165) is 44.4 Å². The highest BCUT2D eigenvalue weighted by atomic mass is 16.3. The summed E-state index contributed by atoms with van der Waals surface area (Å²) >= 11 is 0. The molecule has 0 saturated heterocycles. The third-order valence-corrected chi connectivity index (χ3v) is 8.10. The van der Waals surface area contributed by atoms with E-state index in [4.69, 9.17) is 4.42 Å². The Morgan fingerprint density at radius 2 is 0.929 bits per heavy atom. The van der Waals surface area contributed by atoms with E-state index < -0.39 is 0 Å². The van der Waals surface area contributed by atoms with Crippen molar-refractivity contribution in [3.8, 4) is 33.4 Å². The van der Waals surface area contributed by atoms with E-state index in [9.17, 15) is 0 Å². The molecule has 0 spiro atoms. The van der Waals surface area contributed by atoms with E-state index in [2.05, 4.69) is 145 Å². The summed E-state index contributed by atoms with van der Waals surface area (Å²) in [4.78, 5) is 0. The standard InChI is InChI=1S/C40H27NO/c1-2-11-27(12-3-1)30-25-26-31(33-14-5-4-13-32(30)33)28-21-23-29(24-22-28)41-37-18-8-6-15-34(37)35-17-10-20-39-40(35)36-16-7-9-19-38(36)42-39/h1-26,41H. The number of anilines is 2. The molecular formula is C40H27NO. The van der Waals surface area contributed by atoms with Crippen LogP contribution in [0.1, 0.15) is 0 Å². The fourth-order valence-corrected chi connectivity index (χ4v) is 6.13. The van der Waals surface area contributed by atoms with Gasteiger partial charge in [0.25, 0.3) is 0 Å². The molecule has 8 aromatic rings. The minimum atomic E-state index is 0.901. The van der Waals surface area contributed by atoms with Crippen molar-refractivity contribution in [3.05, 3.63) is 158 Å². The van der Waals surface area contributed by atoms with Gasteiger partial charge < -0.3 is 9.73 Å². The average Bonchev–Trinajstić information content (AvgIpc) is 3.44. The number of nitrogens with one attached hydrogen (secondary N) is 1. The number of rotatable bonds is 5. The van der Waals surface area contributed by atoms with Gasteiger partial charge in [0.05, 0.1) is 0 Å². The molecule has 1 aromatic heterocycles. The van der Waals surface area contributed by atoms with Crippen LogP contribution in [0, 0.1) is 0 Å². The molecule has 0 unspecified atom stereocenters. The molecule has 0 atom stereocenters. The summed E-state index contributed by atoms with van der Waals surface area (Å²) in [6.45, 7) is 0. The first-order chi connectivity index (χ1) is 20.8. The molecule has 198 valence electrons. The third kappa shape index (κ3) is 4.13. The molecular weight excluding hydrogens is 510 g/mol. The molecule has 42 heavy (non-hydrogen) atoms. The maximum absolute atomic E-state index is 6.17. The van der Waals surface area contributed by atoms with Gasteiger partial charge in [0.2, 0.25) is 0 Å². The number of para-hydroxylation sites is 2. The van der Waals surface area contributed by atoms with Crippen LogP contribution in [0.2, 0.25) is 0 Å². The smallest absolute Gasteiger partial charge is 0.136 e. The first-order valence-electron chi connectivity index (χ1n) is 14.3. The second kappa shape index (κ2) is 10.1. The predicted molar refractivity (Wildman–Crippen MR) is 177 cm³/mol.